The van der Waals surface area contributed by atoms with Gasteiger partial charge in [-0.2, -0.15) is 0 Å². The van der Waals surface area contributed by atoms with Crippen molar-refractivity contribution in [2.45, 2.75) is 13.0 Å². The fraction of sp³-hybridized carbons (Fsp3) is 0.357. The highest BCUT2D eigenvalue weighted by atomic mass is 16.5. The van der Waals surface area contributed by atoms with Gasteiger partial charge in [0, 0.05) is 37.3 Å². The van der Waals surface area contributed by atoms with Crippen LogP contribution in [0.5, 0.6) is 0 Å². The number of nitrogens with two attached hydrogens (primary N) is 1. The van der Waals surface area contributed by atoms with Crippen LogP contribution in [0.1, 0.15) is 13.0 Å². The lowest BCUT2D eigenvalue weighted by molar-refractivity contribution is -0.124. The van der Waals surface area contributed by atoms with E-state index in [1.807, 2.05) is 0 Å². The summed E-state index contributed by atoms with van der Waals surface area (Å²) in [6.45, 7) is 2.75. The molecule has 0 radical (unpaired) electrons. The topological polar surface area (TPSA) is 95.1 Å². The summed E-state index contributed by atoms with van der Waals surface area (Å²) in [5, 5.41) is 2.81. The summed E-state index contributed by atoms with van der Waals surface area (Å²) < 4.78 is 6.69. The van der Waals surface area contributed by atoms with Crippen molar-refractivity contribution in [3.63, 3.8) is 0 Å². The summed E-state index contributed by atoms with van der Waals surface area (Å²) in [5.41, 5.74) is 8.07. The number of ether oxygens (including phenoxy) is 1. The monoisotopic (exact) mass is 289 g/mol. The normalized spacial score (nSPS) is 12.1. The standard InChI is InChI=1S/C14H19N5O2/c1-10(14(20)18-5-6-21-2)19-9-17-8-13(19)11-7-16-4-3-12(11)15/h3-4,7-10H,5-6H2,1-2H3,(H2,15,16)(H,18,20). The van der Waals surface area contributed by atoms with E-state index < -0.39 is 6.04 Å². The number of carbonyl (C=O) groups excluding carboxylic acids is 1. The van der Waals surface area contributed by atoms with Gasteiger partial charge in [0.1, 0.15) is 6.04 Å². The SMILES string of the molecule is COCCNC(=O)C(C)n1cncc1-c1cnccc1N. The van der Waals surface area contributed by atoms with Crippen LogP contribution in [0.15, 0.2) is 31.0 Å². The maximum Gasteiger partial charge on any atom is 0.242 e. The number of anilines is 1. The maximum absolute atomic E-state index is 12.1. The average Bonchev–Trinajstić information content (AvgIpc) is 2.96. The van der Waals surface area contributed by atoms with Gasteiger partial charge in [0.15, 0.2) is 0 Å². The highest BCUT2D eigenvalue weighted by Gasteiger charge is 2.18. The molecule has 2 rings (SSSR count). The minimum atomic E-state index is -0.404. The minimum absolute atomic E-state index is 0.103. The van der Waals surface area contributed by atoms with Gasteiger partial charge >= 0.3 is 0 Å². The summed E-state index contributed by atoms with van der Waals surface area (Å²) in [4.78, 5) is 20.3. The van der Waals surface area contributed by atoms with Gasteiger partial charge in [-0.15, -0.1) is 0 Å². The molecule has 7 nitrogen and oxygen atoms in total. The van der Waals surface area contributed by atoms with Crippen molar-refractivity contribution in [2.24, 2.45) is 0 Å². The van der Waals surface area contributed by atoms with Crippen molar-refractivity contribution in [3.05, 3.63) is 31.0 Å². The zero-order chi connectivity index (χ0) is 15.2. The van der Waals surface area contributed by atoms with E-state index in [4.69, 9.17) is 10.5 Å². The molecule has 0 spiro atoms. The summed E-state index contributed by atoms with van der Waals surface area (Å²) in [7, 11) is 1.59. The van der Waals surface area contributed by atoms with E-state index in [0.717, 1.165) is 11.3 Å². The van der Waals surface area contributed by atoms with E-state index in [2.05, 4.69) is 15.3 Å². The Morgan fingerprint density at radius 2 is 2.29 bits per heavy atom. The van der Waals surface area contributed by atoms with Crippen LogP contribution in [0.25, 0.3) is 11.3 Å². The third-order valence-corrected chi connectivity index (χ3v) is 3.20. The van der Waals surface area contributed by atoms with Crippen LogP contribution in [-0.2, 0) is 9.53 Å². The van der Waals surface area contributed by atoms with Crippen molar-refractivity contribution in [3.8, 4) is 11.3 Å². The molecule has 0 aliphatic carbocycles. The number of carbonyl (C=O) groups is 1. The highest BCUT2D eigenvalue weighted by molar-refractivity contribution is 5.81. The first-order valence-electron chi connectivity index (χ1n) is 6.63. The molecule has 2 aromatic heterocycles. The number of nitrogens with one attached hydrogen (secondary N) is 1. The zero-order valence-corrected chi connectivity index (χ0v) is 12.1. The van der Waals surface area contributed by atoms with Gasteiger partial charge in [0.05, 0.1) is 24.8 Å². The van der Waals surface area contributed by atoms with E-state index in [-0.39, 0.29) is 5.91 Å². The molecule has 2 heterocycles. The van der Waals surface area contributed by atoms with E-state index >= 15 is 0 Å². The quantitative estimate of drug-likeness (QED) is 0.769. The van der Waals surface area contributed by atoms with Crippen LogP contribution in [0, 0.1) is 0 Å². The minimum Gasteiger partial charge on any atom is -0.398 e. The molecule has 0 aliphatic rings. The van der Waals surface area contributed by atoms with Crippen LogP contribution in [0.3, 0.4) is 0 Å². The van der Waals surface area contributed by atoms with Crippen molar-refractivity contribution in [1.29, 1.82) is 0 Å². The van der Waals surface area contributed by atoms with Crippen LogP contribution in [0.2, 0.25) is 0 Å². The van der Waals surface area contributed by atoms with E-state index in [9.17, 15) is 4.79 Å². The Hall–Kier alpha value is -2.41. The molecular weight excluding hydrogens is 270 g/mol. The number of pyridine rings is 1. The van der Waals surface area contributed by atoms with Crippen molar-refractivity contribution >= 4 is 11.6 Å². The second-order valence-electron chi connectivity index (χ2n) is 4.61. The smallest absolute Gasteiger partial charge is 0.242 e. The Morgan fingerprint density at radius 1 is 1.48 bits per heavy atom. The molecule has 0 saturated heterocycles. The largest absolute Gasteiger partial charge is 0.398 e. The second kappa shape index (κ2) is 6.85. The Morgan fingerprint density at radius 3 is 3.00 bits per heavy atom. The first-order chi connectivity index (χ1) is 10.1. The Labute approximate surface area is 123 Å². The van der Waals surface area contributed by atoms with E-state index in [0.29, 0.717) is 18.8 Å². The molecular formula is C14H19N5O2. The number of hydrogen-bond acceptors (Lipinski definition) is 5. The molecule has 0 saturated carbocycles. The van der Waals surface area contributed by atoms with Crippen LogP contribution in [0.4, 0.5) is 5.69 Å². The molecule has 0 fully saturated rings. The Balaban J connectivity index is 2.20. The fourth-order valence-corrected chi connectivity index (χ4v) is 1.99. The maximum atomic E-state index is 12.1. The molecule has 1 atom stereocenters. The molecule has 21 heavy (non-hydrogen) atoms. The zero-order valence-electron chi connectivity index (χ0n) is 12.1. The molecule has 3 N–H and O–H groups in total. The van der Waals surface area contributed by atoms with Gasteiger partial charge in [0.2, 0.25) is 5.91 Å². The van der Waals surface area contributed by atoms with Gasteiger partial charge < -0.3 is 20.4 Å². The molecule has 7 heteroatoms. The number of aromatic nitrogens is 3. The van der Waals surface area contributed by atoms with Gasteiger partial charge in [-0.1, -0.05) is 0 Å². The van der Waals surface area contributed by atoms with Crippen molar-refractivity contribution in [2.75, 3.05) is 26.0 Å². The summed E-state index contributed by atoms with van der Waals surface area (Å²) in [6, 6.07) is 1.31. The van der Waals surface area contributed by atoms with Gasteiger partial charge in [-0.3, -0.25) is 9.78 Å². The van der Waals surface area contributed by atoms with Gasteiger partial charge in [-0.25, -0.2) is 4.98 Å². The number of rotatable bonds is 6. The van der Waals surface area contributed by atoms with Crippen LogP contribution < -0.4 is 11.1 Å². The molecule has 1 amide bonds. The number of imidazole rings is 1. The van der Waals surface area contributed by atoms with Crippen molar-refractivity contribution in [1.82, 2.24) is 19.9 Å². The lowest BCUT2D eigenvalue weighted by Crippen LogP contribution is -2.33. The lowest BCUT2D eigenvalue weighted by Gasteiger charge is -2.17. The fourth-order valence-electron chi connectivity index (χ4n) is 1.99. The summed E-state index contributed by atoms with van der Waals surface area (Å²) >= 11 is 0. The molecule has 2 aromatic rings. The Kier molecular flexibility index (Phi) is 4.89. The predicted molar refractivity (Wildman–Crippen MR) is 79.5 cm³/mol. The molecule has 0 aromatic carbocycles. The van der Waals surface area contributed by atoms with E-state index in [1.54, 1.807) is 49.6 Å². The summed E-state index contributed by atoms with van der Waals surface area (Å²) in [6.07, 6.45) is 6.58. The molecule has 112 valence electrons. The second-order valence-corrected chi connectivity index (χ2v) is 4.61. The Bertz CT molecular complexity index is 611. The van der Waals surface area contributed by atoms with Crippen LogP contribution >= 0.6 is 0 Å². The predicted octanol–water partition coefficient (Wildman–Crippen LogP) is 0.851. The molecule has 1 unspecified atom stereocenters. The average molecular weight is 289 g/mol. The molecule has 0 bridgehead atoms. The lowest BCUT2D eigenvalue weighted by atomic mass is 10.1. The third-order valence-electron chi connectivity index (χ3n) is 3.20. The van der Waals surface area contributed by atoms with Crippen molar-refractivity contribution < 1.29 is 9.53 Å². The number of methoxy groups -OCH3 is 1. The number of amides is 1. The summed E-state index contributed by atoms with van der Waals surface area (Å²) in [5.74, 6) is -0.103. The van der Waals surface area contributed by atoms with Crippen LogP contribution in [-0.4, -0.2) is 40.7 Å². The number of nitrogen functional groups attached to an aromatic ring is 1. The van der Waals surface area contributed by atoms with Gasteiger partial charge in [-0.05, 0) is 13.0 Å². The molecule has 0 aliphatic heterocycles. The number of hydrogen-bond donors (Lipinski definition) is 2. The first kappa shape index (κ1) is 15.0. The number of nitrogens with zero attached hydrogens (tertiary/aromatic N) is 3. The van der Waals surface area contributed by atoms with E-state index in [1.165, 1.54) is 0 Å². The highest BCUT2D eigenvalue weighted by Crippen LogP contribution is 2.26. The first-order valence-corrected chi connectivity index (χ1v) is 6.63. The van der Waals surface area contributed by atoms with Gasteiger partial charge in [0.25, 0.3) is 0 Å². The third kappa shape index (κ3) is 3.38.